The first-order chi connectivity index (χ1) is 11.2. The van der Waals surface area contributed by atoms with Crippen LogP contribution in [0.3, 0.4) is 0 Å². The number of sulfonamides is 1. The zero-order chi connectivity index (χ0) is 17.9. The molecule has 2 rings (SSSR count). The van der Waals surface area contributed by atoms with Gasteiger partial charge in [0, 0.05) is 44.2 Å². The van der Waals surface area contributed by atoms with Crippen molar-refractivity contribution in [2.75, 3.05) is 26.7 Å². The van der Waals surface area contributed by atoms with E-state index in [9.17, 15) is 18.3 Å². The summed E-state index contributed by atoms with van der Waals surface area (Å²) in [7, 11) is -2.12. The van der Waals surface area contributed by atoms with Gasteiger partial charge in [-0.15, -0.1) is 0 Å². The van der Waals surface area contributed by atoms with Gasteiger partial charge in [0.1, 0.15) is 0 Å². The quantitative estimate of drug-likeness (QED) is 0.668. The highest BCUT2D eigenvalue weighted by atomic mass is 32.2. The van der Waals surface area contributed by atoms with Crippen LogP contribution in [0.4, 0.5) is 0 Å². The van der Waals surface area contributed by atoms with Gasteiger partial charge in [-0.25, -0.2) is 8.42 Å². The molecule has 1 aliphatic heterocycles. The molecule has 2 atom stereocenters. The normalized spacial score (nSPS) is 21.4. The highest BCUT2D eigenvalue weighted by Gasteiger charge is 2.26. The lowest BCUT2D eigenvalue weighted by Crippen LogP contribution is -2.35. The van der Waals surface area contributed by atoms with E-state index in [4.69, 9.17) is 0 Å². The lowest BCUT2D eigenvalue weighted by molar-refractivity contribution is 0.0927. The minimum absolute atomic E-state index is 0.0343. The number of rotatable bonds is 6. The Morgan fingerprint density at radius 2 is 2.12 bits per heavy atom. The number of hydrogen-bond donors (Lipinski definition) is 3. The summed E-state index contributed by atoms with van der Waals surface area (Å²) in [5.41, 5.74) is 0.286. The highest BCUT2D eigenvalue weighted by Crippen LogP contribution is 2.18. The topological polar surface area (TPSA) is 98.7 Å². The molecule has 0 saturated carbocycles. The number of amides is 1. The molecule has 2 unspecified atom stereocenters. The number of aliphatic hydroxyl groups excluding tert-OH is 1. The van der Waals surface area contributed by atoms with Crippen LogP contribution in [0.2, 0.25) is 0 Å². The molecule has 24 heavy (non-hydrogen) atoms. The van der Waals surface area contributed by atoms with Gasteiger partial charge in [-0.2, -0.15) is 4.31 Å². The summed E-state index contributed by atoms with van der Waals surface area (Å²) >= 11 is 0. The van der Waals surface area contributed by atoms with E-state index in [2.05, 4.69) is 10.6 Å². The summed E-state index contributed by atoms with van der Waals surface area (Å²) < 4.78 is 26.3. The first-order valence-corrected chi connectivity index (χ1v) is 9.42. The van der Waals surface area contributed by atoms with E-state index in [1.165, 1.54) is 23.5 Å². The molecule has 0 radical (unpaired) electrons. The Hall–Kier alpha value is -1.48. The largest absolute Gasteiger partial charge is 0.391 e. The summed E-state index contributed by atoms with van der Waals surface area (Å²) in [5, 5.41) is 15.5. The number of carbonyl (C=O) groups is 1. The van der Waals surface area contributed by atoms with Gasteiger partial charge < -0.3 is 15.7 Å². The average molecular weight is 355 g/mol. The molecule has 0 bridgehead atoms. The minimum Gasteiger partial charge on any atom is -0.391 e. The van der Waals surface area contributed by atoms with Gasteiger partial charge in [-0.3, -0.25) is 4.79 Å². The number of nitrogens with one attached hydrogen (secondary N) is 2. The first-order valence-electron chi connectivity index (χ1n) is 7.98. The third kappa shape index (κ3) is 4.13. The second-order valence-electron chi connectivity index (χ2n) is 6.34. The third-order valence-corrected chi connectivity index (χ3v) is 6.36. The average Bonchev–Trinajstić information content (AvgIpc) is 2.97. The van der Waals surface area contributed by atoms with Gasteiger partial charge in [0.05, 0.1) is 11.0 Å². The van der Waals surface area contributed by atoms with Crippen LogP contribution in [-0.4, -0.2) is 62.6 Å². The van der Waals surface area contributed by atoms with Gasteiger partial charge in [-0.05, 0) is 32.0 Å². The van der Waals surface area contributed by atoms with E-state index in [1.54, 1.807) is 26.0 Å². The number of hydrogen-bond acceptors (Lipinski definition) is 5. The maximum atomic E-state index is 12.5. The van der Waals surface area contributed by atoms with Crippen molar-refractivity contribution < 1.29 is 18.3 Å². The van der Waals surface area contributed by atoms with E-state index in [0.717, 1.165) is 0 Å². The number of nitrogens with zero attached hydrogens (tertiary/aromatic N) is 1. The second kappa shape index (κ2) is 7.60. The molecular formula is C16H25N3O4S. The Kier molecular flexibility index (Phi) is 5.97. The fourth-order valence-electron chi connectivity index (χ4n) is 2.49. The first kappa shape index (κ1) is 18.9. The monoisotopic (exact) mass is 355 g/mol. The number of benzene rings is 1. The van der Waals surface area contributed by atoms with Crippen LogP contribution in [0.1, 0.15) is 24.2 Å². The molecule has 0 spiro atoms. The molecule has 1 heterocycles. The molecule has 1 aromatic carbocycles. The molecule has 1 aromatic rings. The number of carbonyl (C=O) groups excluding carboxylic acids is 1. The van der Waals surface area contributed by atoms with Crippen LogP contribution >= 0.6 is 0 Å². The Morgan fingerprint density at radius 1 is 1.42 bits per heavy atom. The number of β-amino-alcohol motifs (C(OH)–C–C–N with tert-alkyl or cyclic N) is 1. The molecule has 134 valence electrons. The lowest BCUT2D eigenvalue weighted by Gasteiger charge is -2.21. The van der Waals surface area contributed by atoms with Gasteiger partial charge in [0.25, 0.3) is 5.91 Å². The van der Waals surface area contributed by atoms with Gasteiger partial charge >= 0.3 is 0 Å². The van der Waals surface area contributed by atoms with E-state index in [0.29, 0.717) is 19.6 Å². The van der Waals surface area contributed by atoms with E-state index in [1.807, 2.05) is 0 Å². The summed E-state index contributed by atoms with van der Waals surface area (Å²) in [4.78, 5) is 12.4. The van der Waals surface area contributed by atoms with E-state index >= 15 is 0 Å². The fraction of sp³-hybridized carbons (Fsp3) is 0.562. The van der Waals surface area contributed by atoms with Gasteiger partial charge in [0.15, 0.2) is 0 Å². The smallest absolute Gasteiger partial charge is 0.251 e. The van der Waals surface area contributed by atoms with Crippen LogP contribution in [0.5, 0.6) is 0 Å². The van der Waals surface area contributed by atoms with Crippen LogP contribution in [0.25, 0.3) is 0 Å². The molecule has 1 aliphatic rings. The van der Waals surface area contributed by atoms with Gasteiger partial charge in [-0.1, -0.05) is 6.07 Å². The predicted molar refractivity (Wildman–Crippen MR) is 91.2 cm³/mol. The van der Waals surface area contributed by atoms with Crippen LogP contribution in [-0.2, 0) is 10.0 Å². The van der Waals surface area contributed by atoms with Crippen LogP contribution in [0, 0.1) is 5.92 Å². The van der Waals surface area contributed by atoms with Crippen molar-refractivity contribution in [2.45, 2.75) is 30.9 Å². The molecule has 0 aliphatic carbocycles. The molecule has 1 saturated heterocycles. The maximum Gasteiger partial charge on any atom is 0.251 e. The maximum absolute atomic E-state index is 12.5. The molecule has 0 aromatic heterocycles. The molecular weight excluding hydrogens is 330 g/mol. The van der Waals surface area contributed by atoms with Crippen molar-refractivity contribution in [3.63, 3.8) is 0 Å². The van der Waals surface area contributed by atoms with Crippen LogP contribution in [0.15, 0.2) is 29.2 Å². The molecule has 1 amide bonds. The molecule has 1 fully saturated rings. The fourth-order valence-corrected chi connectivity index (χ4v) is 3.91. The summed E-state index contributed by atoms with van der Waals surface area (Å²) in [6, 6.07) is 5.82. The van der Waals surface area contributed by atoms with Crippen molar-refractivity contribution >= 4 is 15.9 Å². The van der Waals surface area contributed by atoms with E-state index < -0.39 is 16.1 Å². The Balaban J connectivity index is 2.10. The molecule has 8 heteroatoms. The summed E-state index contributed by atoms with van der Waals surface area (Å²) in [6.45, 7) is 5.09. The lowest BCUT2D eigenvalue weighted by atomic mass is 10.1. The second-order valence-corrected chi connectivity index (χ2v) is 8.34. The Labute approximate surface area is 143 Å². The molecule has 3 N–H and O–H groups in total. The van der Waals surface area contributed by atoms with E-state index in [-0.39, 0.29) is 28.3 Å². The van der Waals surface area contributed by atoms with Crippen molar-refractivity contribution in [3.8, 4) is 0 Å². The van der Waals surface area contributed by atoms with Crippen molar-refractivity contribution in [2.24, 2.45) is 5.92 Å². The zero-order valence-corrected chi connectivity index (χ0v) is 15.0. The van der Waals surface area contributed by atoms with Crippen LogP contribution < -0.4 is 10.6 Å². The Bertz CT molecular complexity index is 690. The van der Waals surface area contributed by atoms with Crippen molar-refractivity contribution in [1.82, 2.24) is 14.9 Å². The standard InChI is InChI=1S/C16H25N3O4S/c1-11(2)19(3)24(22,23)14-6-4-5-12(7-14)16(21)18-9-13-8-17-10-15(13)20/h4-7,11,13,15,17,20H,8-10H2,1-3H3,(H,18,21). The SMILES string of the molecule is CC(C)N(C)S(=O)(=O)c1cccc(C(=O)NCC2CNCC2O)c1. The van der Waals surface area contributed by atoms with Gasteiger partial charge in [0.2, 0.25) is 10.0 Å². The summed E-state index contributed by atoms with van der Waals surface area (Å²) in [6.07, 6.45) is -0.475. The Morgan fingerprint density at radius 3 is 2.71 bits per heavy atom. The third-order valence-electron chi connectivity index (χ3n) is 4.33. The van der Waals surface area contributed by atoms with Crippen molar-refractivity contribution in [3.05, 3.63) is 29.8 Å². The minimum atomic E-state index is -3.63. The zero-order valence-electron chi connectivity index (χ0n) is 14.2. The number of aliphatic hydroxyl groups is 1. The van der Waals surface area contributed by atoms with Crippen molar-refractivity contribution in [1.29, 1.82) is 0 Å². The highest BCUT2D eigenvalue weighted by molar-refractivity contribution is 7.89. The molecule has 7 nitrogen and oxygen atoms in total. The summed E-state index contributed by atoms with van der Waals surface area (Å²) in [5.74, 6) is -0.383. The predicted octanol–water partition coefficient (Wildman–Crippen LogP) is 0.0256.